The summed E-state index contributed by atoms with van der Waals surface area (Å²) in [5.74, 6) is 0. The third-order valence-electron chi connectivity index (χ3n) is 3.30. The molecule has 0 radical (unpaired) electrons. The molecule has 2 rings (SSSR count). The molecule has 0 aliphatic carbocycles. The largest absolute Gasteiger partial charge is 0.396 e. The molecule has 0 amide bonds. The third-order valence-corrected chi connectivity index (χ3v) is 3.30. The first-order valence-electron chi connectivity index (χ1n) is 6.79. The van der Waals surface area contributed by atoms with Crippen molar-refractivity contribution in [3.63, 3.8) is 0 Å². The molecule has 2 N–H and O–H groups in total. The van der Waals surface area contributed by atoms with Gasteiger partial charge >= 0.3 is 0 Å². The fourth-order valence-corrected chi connectivity index (χ4v) is 2.27. The van der Waals surface area contributed by atoms with Crippen LogP contribution in [0.5, 0.6) is 0 Å². The van der Waals surface area contributed by atoms with Crippen LogP contribution in [0.3, 0.4) is 0 Å². The lowest BCUT2D eigenvalue weighted by molar-refractivity contribution is 0.275. The molecule has 0 saturated heterocycles. The fourth-order valence-electron chi connectivity index (χ4n) is 2.27. The van der Waals surface area contributed by atoms with Crippen LogP contribution in [0.2, 0.25) is 0 Å². The van der Waals surface area contributed by atoms with Crippen LogP contribution in [-0.4, -0.2) is 16.3 Å². The SMILES string of the molecule is Cn1ccc(CNC(CCCO)c2ccccc2)c1. The number of rotatable bonds is 7. The maximum atomic E-state index is 9.02. The summed E-state index contributed by atoms with van der Waals surface area (Å²) < 4.78 is 2.06. The molecular weight excluding hydrogens is 236 g/mol. The number of hydrogen-bond acceptors (Lipinski definition) is 2. The van der Waals surface area contributed by atoms with E-state index < -0.39 is 0 Å². The van der Waals surface area contributed by atoms with E-state index in [1.54, 1.807) is 0 Å². The minimum Gasteiger partial charge on any atom is -0.396 e. The highest BCUT2D eigenvalue weighted by molar-refractivity contribution is 5.19. The zero-order chi connectivity index (χ0) is 13.5. The van der Waals surface area contributed by atoms with Crippen molar-refractivity contribution in [2.24, 2.45) is 7.05 Å². The molecule has 2 aromatic rings. The lowest BCUT2D eigenvalue weighted by atomic mass is 10.0. The van der Waals surface area contributed by atoms with Crippen molar-refractivity contribution in [1.29, 1.82) is 0 Å². The van der Waals surface area contributed by atoms with E-state index in [1.807, 2.05) is 13.1 Å². The highest BCUT2D eigenvalue weighted by Gasteiger charge is 2.10. The first-order valence-corrected chi connectivity index (χ1v) is 6.79. The van der Waals surface area contributed by atoms with Gasteiger partial charge in [0.05, 0.1) is 0 Å². The van der Waals surface area contributed by atoms with Crippen LogP contribution in [-0.2, 0) is 13.6 Å². The molecule has 0 saturated carbocycles. The average molecular weight is 258 g/mol. The van der Waals surface area contributed by atoms with Crippen molar-refractivity contribution < 1.29 is 5.11 Å². The van der Waals surface area contributed by atoms with Gasteiger partial charge in [0.1, 0.15) is 0 Å². The van der Waals surface area contributed by atoms with Crippen molar-refractivity contribution >= 4 is 0 Å². The van der Waals surface area contributed by atoms with Crippen molar-refractivity contribution in [1.82, 2.24) is 9.88 Å². The van der Waals surface area contributed by atoms with Crippen LogP contribution in [0.15, 0.2) is 48.8 Å². The van der Waals surface area contributed by atoms with E-state index in [1.165, 1.54) is 11.1 Å². The molecule has 0 spiro atoms. The summed E-state index contributed by atoms with van der Waals surface area (Å²) in [6, 6.07) is 12.9. The average Bonchev–Trinajstić information content (AvgIpc) is 2.86. The second-order valence-electron chi connectivity index (χ2n) is 4.90. The molecule has 1 unspecified atom stereocenters. The molecular formula is C16H22N2O. The molecule has 102 valence electrons. The summed E-state index contributed by atoms with van der Waals surface area (Å²) in [7, 11) is 2.03. The maximum Gasteiger partial charge on any atom is 0.0431 e. The molecule has 19 heavy (non-hydrogen) atoms. The van der Waals surface area contributed by atoms with Gasteiger partial charge in [0.15, 0.2) is 0 Å². The number of hydrogen-bond donors (Lipinski definition) is 2. The Morgan fingerprint density at radius 1 is 1.21 bits per heavy atom. The Kier molecular flexibility index (Phi) is 5.19. The molecule has 1 aromatic heterocycles. The molecule has 1 atom stereocenters. The van der Waals surface area contributed by atoms with Crippen LogP contribution in [0.25, 0.3) is 0 Å². The van der Waals surface area contributed by atoms with Crippen molar-refractivity contribution in [3.8, 4) is 0 Å². The van der Waals surface area contributed by atoms with Gasteiger partial charge in [-0.1, -0.05) is 30.3 Å². The van der Waals surface area contributed by atoms with Crippen LogP contribution < -0.4 is 5.32 Å². The molecule has 3 nitrogen and oxygen atoms in total. The molecule has 0 aliphatic rings. The van der Waals surface area contributed by atoms with E-state index in [-0.39, 0.29) is 6.61 Å². The van der Waals surface area contributed by atoms with Crippen LogP contribution >= 0.6 is 0 Å². The normalized spacial score (nSPS) is 12.5. The predicted octanol–water partition coefficient (Wildman–Crippen LogP) is 2.63. The summed E-state index contributed by atoms with van der Waals surface area (Å²) in [5.41, 5.74) is 2.57. The van der Waals surface area contributed by atoms with Gasteiger partial charge in [0, 0.05) is 38.6 Å². The van der Waals surface area contributed by atoms with E-state index in [4.69, 9.17) is 5.11 Å². The van der Waals surface area contributed by atoms with E-state index in [0.29, 0.717) is 6.04 Å². The van der Waals surface area contributed by atoms with Gasteiger partial charge in [-0.05, 0) is 30.0 Å². The molecule has 0 fully saturated rings. The molecule has 0 aliphatic heterocycles. The van der Waals surface area contributed by atoms with Crippen molar-refractivity contribution in [2.75, 3.05) is 6.61 Å². The molecule has 1 heterocycles. The fraction of sp³-hybridized carbons (Fsp3) is 0.375. The zero-order valence-corrected chi connectivity index (χ0v) is 11.4. The van der Waals surface area contributed by atoms with E-state index in [0.717, 1.165) is 19.4 Å². The quantitative estimate of drug-likeness (QED) is 0.801. The van der Waals surface area contributed by atoms with Gasteiger partial charge in [-0.2, -0.15) is 0 Å². The van der Waals surface area contributed by atoms with Gasteiger partial charge in [0.25, 0.3) is 0 Å². The van der Waals surface area contributed by atoms with Gasteiger partial charge in [-0.15, -0.1) is 0 Å². The van der Waals surface area contributed by atoms with E-state index in [2.05, 4.69) is 52.6 Å². The van der Waals surface area contributed by atoms with Gasteiger partial charge in [-0.3, -0.25) is 0 Å². The predicted molar refractivity (Wildman–Crippen MR) is 77.8 cm³/mol. The third kappa shape index (κ3) is 4.23. The number of benzene rings is 1. The summed E-state index contributed by atoms with van der Waals surface area (Å²) in [5, 5.41) is 12.6. The summed E-state index contributed by atoms with van der Waals surface area (Å²) >= 11 is 0. The maximum absolute atomic E-state index is 9.02. The van der Waals surface area contributed by atoms with E-state index in [9.17, 15) is 0 Å². The Labute approximate surface area is 114 Å². The molecule has 3 heteroatoms. The monoisotopic (exact) mass is 258 g/mol. The highest BCUT2D eigenvalue weighted by Crippen LogP contribution is 2.18. The van der Waals surface area contributed by atoms with Gasteiger partial charge in [-0.25, -0.2) is 0 Å². The number of nitrogens with zero attached hydrogens (tertiary/aromatic N) is 1. The number of aryl methyl sites for hydroxylation is 1. The number of nitrogens with one attached hydrogen (secondary N) is 1. The Bertz CT molecular complexity index is 479. The van der Waals surface area contributed by atoms with Crippen LogP contribution in [0.1, 0.15) is 30.0 Å². The lowest BCUT2D eigenvalue weighted by Crippen LogP contribution is -2.21. The van der Waals surface area contributed by atoms with E-state index >= 15 is 0 Å². The van der Waals surface area contributed by atoms with Crippen molar-refractivity contribution in [3.05, 3.63) is 59.9 Å². The first-order chi connectivity index (χ1) is 9.29. The zero-order valence-electron chi connectivity index (χ0n) is 11.4. The Morgan fingerprint density at radius 3 is 2.63 bits per heavy atom. The molecule has 0 bridgehead atoms. The van der Waals surface area contributed by atoms with Gasteiger partial charge in [0.2, 0.25) is 0 Å². The second kappa shape index (κ2) is 7.12. The topological polar surface area (TPSA) is 37.2 Å². The number of aromatic nitrogens is 1. The number of aliphatic hydroxyl groups is 1. The minimum absolute atomic E-state index is 0.246. The Morgan fingerprint density at radius 2 is 2.00 bits per heavy atom. The highest BCUT2D eigenvalue weighted by atomic mass is 16.2. The summed E-state index contributed by atoms with van der Waals surface area (Å²) in [6.45, 7) is 1.10. The molecule has 1 aromatic carbocycles. The van der Waals surface area contributed by atoms with Crippen molar-refractivity contribution in [2.45, 2.75) is 25.4 Å². The first kappa shape index (κ1) is 13.8. The Balaban J connectivity index is 1.97. The minimum atomic E-state index is 0.246. The Hall–Kier alpha value is -1.58. The smallest absolute Gasteiger partial charge is 0.0431 e. The lowest BCUT2D eigenvalue weighted by Gasteiger charge is -2.18. The van der Waals surface area contributed by atoms with Crippen LogP contribution in [0, 0.1) is 0 Å². The number of aliphatic hydroxyl groups excluding tert-OH is 1. The summed E-state index contributed by atoms with van der Waals surface area (Å²) in [6.07, 6.45) is 5.96. The summed E-state index contributed by atoms with van der Waals surface area (Å²) in [4.78, 5) is 0. The van der Waals surface area contributed by atoms with Gasteiger partial charge < -0.3 is 15.0 Å². The standard InChI is InChI=1S/C16H22N2O/c1-18-10-9-14(13-18)12-17-16(8-5-11-19)15-6-3-2-4-7-15/h2-4,6-7,9-10,13,16-17,19H,5,8,11-12H2,1H3. The second-order valence-corrected chi connectivity index (χ2v) is 4.90. The van der Waals surface area contributed by atoms with Crippen LogP contribution in [0.4, 0.5) is 0 Å².